The molecule has 20 heavy (non-hydrogen) atoms. The summed E-state index contributed by atoms with van der Waals surface area (Å²) >= 11 is 5.78. The molecule has 110 valence electrons. The fourth-order valence-electron chi connectivity index (χ4n) is 1.62. The van der Waals surface area contributed by atoms with Crippen LogP contribution in [0, 0.1) is 0 Å². The summed E-state index contributed by atoms with van der Waals surface area (Å²) in [6.07, 6.45) is 1.60. The molecular weight excluding hydrogens is 280 g/mol. The van der Waals surface area contributed by atoms with E-state index in [2.05, 4.69) is 0 Å². The molecule has 0 aliphatic carbocycles. The third-order valence-electron chi connectivity index (χ3n) is 2.63. The molecule has 1 aromatic rings. The molecule has 0 aliphatic heterocycles. The summed E-state index contributed by atoms with van der Waals surface area (Å²) in [6.45, 7) is 2.45. The minimum atomic E-state index is -0.289. The van der Waals surface area contributed by atoms with E-state index in [1.54, 1.807) is 19.1 Å². The van der Waals surface area contributed by atoms with Gasteiger partial charge in [0, 0.05) is 24.3 Å². The largest absolute Gasteiger partial charge is 0.466 e. The third-order valence-corrected chi connectivity index (χ3v) is 2.89. The molecule has 0 N–H and O–H groups in total. The lowest BCUT2D eigenvalue weighted by atomic mass is 10.2. The number of ether oxygens (including phenoxy) is 2. The van der Waals surface area contributed by atoms with Gasteiger partial charge in [-0.05, 0) is 31.0 Å². The summed E-state index contributed by atoms with van der Waals surface area (Å²) in [6, 6.07) is 7.41. The maximum Gasteiger partial charge on any atom is 0.305 e. The van der Waals surface area contributed by atoms with Crippen LogP contribution in [0.15, 0.2) is 24.3 Å². The molecular formula is C15H19ClO4. The van der Waals surface area contributed by atoms with Crippen LogP contribution >= 0.6 is 11.6 Å². The summed E-state index contributed by atoms with van der Waals surface area (Å²) in [7, 11) is 0. The van der Waals surface area contributed by atoms with Crippen LogP contribution in [0.2, 0.25) is 5.02 Å². The molecule has 0 atom stereocenters. The van der Waals surface area contributed by atoms with Crippen LogP contribution < -0.4 is 0 Å². The van der Waals surface area contributed by atoms with Gasteiger partial charge in [-0.2, -0.15) is 0 Å². The summed E-state index contributed by atoms with van der Waals surface area (Å²) in [4.78, 5) is 22.5. The predicted octanol–water partition coefficient (Wildman–Crippen LogP) is 3.16. The van der Waals surface area contributed by atoms with E-state index < -0.39 is 0 Å². The zero-order valence-corrected chi connectivity index (χ0v) is 12.3. The number of benzene rings is 1. The van der Waals surface area contributed by atoms with Crippen LogP contribution in [0.4, 0.5) is 0 Å². The molecule has 5 heteroatoms. The van der Waals surface area contributed by atoms with Crippen molar-refractivity contribution >= 4 is 23.5 Å². The van der Waals surface area contributed by atoms with E-state index in [1.165, 1.54) is 0 Å². The first kappa shape index (κ1) is 16.5. The number of rotatable bonds is 8. The van der Waals surface area contributed by atoms with Crippen molar-refractivity contribution in [2.24, 2.45) is 0 Å². The van der Waals surface area contributed by atoms with Crippen molar-refractivity contribution in [2.75, 3.05) is 13.2 Å². The summed E-state index contributed by atoms with van der Waals surface area (Å²) in [5.41, 5.74) is 1.06. The van der Waals surface area contributed by atoms with Crippen molar-refractivity contribution in [3.63, 3.8) is 0 Å². The number of hydrogen-bond donors (Lipinski definition) is 0. The van der Waals surface area contributed by atoms with Gasteiger partial charge in [0.1, 0.15) is 0 Å². The smallest absolute Gasteiger partial charge is 0.305 e. The van der Waals surface area contributed by atoms with Gasteiger partial charge in [0.05, 0.1) is 13.2 Å². The van der Waals surface area contributed by atoms with Gasteiger partial charge >= 0.3 is 11.9 Å². The maximum atomic E-state index is 11.4. The topological polar surface area (TPSA) is 52.6 Å². The van der Waals surface area contributed by atoms with E-state index in [1.807, 2.05) is 12.1 Å². The van der Waals surface area contributed by atoms with Crippen LogP contribution in [0.1, 0.15) is 31.7 Å². The highest BCUT2D eigenvalue weighted by Crippen LogP contribution is 2.10. The van der Waals surface area contributed by atoms with Gasteiger partial charge in [0.25, 0.3) is 0 Å². The number of halogens is 1. The van der Waals surface area contributed by atoms with E-state index in [0.717, 1.165) is 5.56 Å². The average Bonchev–Trinajstić information content (AvgIpc) is 2.41. The lowest BCUT2D eigenvalue weighted by Gasteiger charge is -2.05. The van der Waals surface area contributed by atoms with Gasteiger partial charge in [-0.15, -0.1) is 0 Å². The maximum absolute atomic E-state index is 11.4. The van der Waals surface area contributed by atoms with E-state index in [9.17, 15) is 9.59 Å². The molecule has 0 aliphatic rings. The predicted molar refractivity (Wildman–Crippen MR) is 76.6 cm³/mol. The van der Waals surface area contributed by atoms with Gasteiger partial charge < -0.3 is 9.47 Å². The van der Waals surface area contributed by atoms with E-state index in [4.69, 9.17) is 21.1 Å². The Morgan fingerprint density at radius 1 is 1.05 bits per heavy atom. The second-order valence-electron chi connectivity index (χ2n) is 4.26. The highest BCUT2D eigenvalue weighted by atomic mass is 35.5. The number of carbonyl (C=O) groups excluding carboxylic acids is 2. The fourth-order valence-corrected chi connectivity index (χ4v) is 1.74. The average molecular weight is 299 g/mol. The van der Waals surface area contributed by atoms with E-state index >= 15 is 0 Å². The lowest BCUT2D eigenvalue weighted by molar-refractivity contribution is -0.145. The van der Waals surface area contributed by atoms with Crippen molar-refractivity contribution in [1.29, 1.82) is 0 Å². The van der Waals surface area contributed by atoms with Crippen molar-refractivity contribution in [3.05, 3.63) is 34.9 Å². The molecule has 0 saturated carbocycles. The van der Waals surface area contributed by atoms with E-state index in [0.29, 0.717) is 31.1 Å². The van der Waals surface area contributed by atoms with Gasteiger partial charge in [0.15, 0.2) is 0 Å². The SMILES string of the molecule is CCOC(=O)CCCC(=O)OCCc1ccc(Cl)cc1. The Morgan fingerprint density at radius 3 is 2.25 bits per heavy atom. The molecule has 0 spiro atoms. The molecule has 1 aromatic carbocycles. The molecule has 1 rings (SSSR count). The first-order chi connectivity index (χ1) is 9.61. The standard InChI is InChI=1S/C15H19ClO4/c1-2-19-14(17)4-3-5-15(18)20-11-10-12-6-8-13(16)9-7-12/h6-9H,2-5,10-11H2,1H3. The lowest BCUT2D eigenvalue weighted by Crippen LogP contribution is -2.09. The molecule has 4 nitrogen and oxygen atoms in total. The molecule has 0 amide bonds. The second-order valence-corrected chi connectivity index (χ2v) is 4.69. The first-order valence-electron chi connectivity index (χ1n) is 6.67. The Kier molecular flexibility index (Phi) is 7.73. The van der Waals surface area contributed by atoms with Gasteiger partial charge in [-0.3, -0.25) is 9.59 Å². The van der Waals surface area contributed by atoms with Crippen LogP contribution in [-0.2, 0) is 25.5 Å². The Morgan fingerprint density at radius 2 is 1.65 bits per heavy atom. The van der Waals surface area contributed by atoms with Gasteiger partial charge in [-0.1, -0.05) is 23.7 Å². The van der Waals surface area contributed by atoms with Gasteiger partial charge in [-0.25, -0.2) is 0 Å². The Hall–Kier alpha value is -1.55. The van der Waals surface area contributed by atoms with Crippen LogP contribution in [0.3, 0.4) is 0 Å². The fraction of sp³-hybridized carbons (Fsp3) is 0.467. The number of hydrogen-bond acceptors (Lipinski definition) is 4. The summed E-state index contributed by atoms with van der Waals surface area (Å²) in [5.74, 6) is -0.565. The Balaban J connectivity index is 2.11. The Bertz CT molecular complexity index is 428. The molecule has 0 unspecified atom stereocenters. The minimum Gasteiger partial charge on any atom is -0.466 e. The van der Waals surface area contributed by atoms with Crippen molar-refractivity contribution < 1.29 is 19.1 Å². The quantitative estimate of drug-likeness (QED) is 0.692. The summed E-state index contributed by atoms with van der Waals surface area (Å²) in [5, 5.41) is 0.685. The summed E-state index contributed by atoms with van der Waals surface area (Å²) < 4.78 is 9.86. The highest BCUT2D eigenvalue weighted by Gasteiger charge is 2.06. The zero-order valence-electron chi connectivity index (χ0n) is 11.6. The normalized spacial score (nSPS) is 10.1. The minimum absolute atomic E-state index is 0.236. The molecule has 0 radical (unpaired) electrons. The Labute approximate surface area is 124 Å². The first-order valence-corrected chi connectivity index (χ1v) is 7.05. The van der Waals surface area contributed by atoms with Crippen LogP contribution in [-0.4, -0.2) is 25.2 Å². The zero-order chi connectivity index (χ0) is 14.8. The second kappa shape index (κ2) is 9.37. The molecule has 0 bridgehead atoms. The monoisotopic (exact) mass is 298 g/mol. The number of esters is 2. The van der Waals surface area contributed by atoms with Crippen molar-refractivity contribution in [2.45, 2.75) is 32.6 Å². The molecule has 0 heterocycles. The molecule has 0 saturated heterocycles. The highest BCUT2D eigenvalue weighted by molar-refractivity contribution is 6.30. The van der Waals surface area contributed by atoms with E-state index in [-0.39, 0.29) is 24.8 Å². The molecule has 0 aromatic heterocycles. The number of carbonyl (C=O) groups is 2. The van der Waals surface area contributed by atoms with Gasteiger partial charge in [0.2, 0.25) is 0 Å². The van der Waals surface area contributed by atoms with Crippen LogP contribution in [0.5, 0.6) is 0 Å². The third kappa shape index (κ3) is 7.14. The van der Waals surface area contributed by atoms with Crippen molar-refractivity contribution in [3.8, 4) is 0 Å². The molecule has 0 fully saturated rings. The van der Waals surface area contributed by atoms with Crippen molar-refractivity contribution in [1.82, 2.24) is 0 Å². The van der Waals surface area contributed by atoms with Crippen LogP contribution in [0.25, 0.3) is 0 Å².